The molecule has 2 amide bonds. The maximum atomic E-state index is 14.6. The van der Waals surface area contributed by atoms with Crippen LogP contribution in [0.5, 0.6) is 5.88 Å². The molecule has 1 aromatic heterocycles. The average Bonchev–Trinajstić information content (AvgIpc) is 3.23. The highest BCUT2D eigenvalue weighted by atomic mass is 19.1. The molecule has 11 nitrogen and oxygen atoms in total. The van der Waals surface area contributed by atoms with E-state index in [-0.39, 0.29) is 48.5 Å². The lowest BCUT2D eigenvalue weighted by molar-refractivity contribution is -0.118. The third-order valence-corrected chi connectivity index (χ3v) is 5.73. The molecule has 4 rings (SSSR count). The molecule has 0 radical (unpaired) electrons. The summed E-state index contributed by atoms with van der Waals surface area (Å²) in [5.41, 5.74) is 2.04. The molecule has 0 aliphatic carbocycles. The van der Waals surface area contributed by atoms with Gasteiger partial charge in [-0.15, -0.1) is 0 Å². The number of carbonyl (C=O) groups excluding carboxylic acids is 3. The van der Waals surface area contributed by atoms with E-state index in [4.69, 9.17) is 9.47 Å². The monoisotopic (exact) mass is 498 g/mol. The van der Waals surface area contributed by atoms with Crippen LogP contribution in [0, 0.1) is 5.82 Å². The van der Waals surface area contributed by atoms with Gasteiger partial charge in [0.25, 0.3) is 11.8 Å². The Morgan fingerprint density at radius 2 is 2.14 bits per heavy atom. The van der Waals surface area contributed by atoms with Crippen LogP contribution in [-0.2, 0) is 20.7 Å². The van der Waals surface area contributed by atoms with Crippen molar-refractivity contribution in [3.8, 4) is 5.88 Å². The number of halogens is 1. The molecule has 2 aliphatic heterocycles. The van der Waals surface area contributed by atoms with Gasteiger partial charge in [0, 0.05) is 25.3 Å². The van der Waals surface area contributed by atoms with Crippen LogP contribution < -0.4 is 25.2 Å². The van der Waals surface area contributed by atoms with Gasteiger partial charge in [-0.25, -0.2) is 19.2 Å². The number of fused-ring (bicyclic) bond motifs is 1. The predicted octanol–water partition coefficient (Wildman–Crippen LogP) is 1.77. The standard InChI is InChI=1S/C24H27FN6O5/c1-30(2)21-15(4-3-11-32)5-6-18(25)17(21)8-10-26-9-7-16-13-31(24(34)36-16)19-12-27-23-22(28-19)29-20(33)14-35-23/h3-6,11-12,16,26H,7-10,13-14H2,1-2H3,(H,28,29,33)/b4-3-. The van der Waals surface area contributed by atoms with E-state index in [1.54, 1.807) is 12.1 Å². The number of hydrogen-bond acceptors (Lipinski definition) is 9. The molecule has 0 saturated carbocycles. The molecule has 0 bridgehead atoms. The van der Waals surface area contributed by atoms with Gasteiger partial charge in [-0.05, 0) is 55.8 Å². The highest BCUT2D eigenvalue weighted by molar-refractivity contribution is 5.94. The van der Waals surface area contributed by atoms with Gasteiger partial charge in [-0.3, -0.25) is 14.5 Å². The van der Waals surface area contributed by atoms with Crippen LogP contribution in [0.3, 0.4) is 0 Å². The van der Waals surface area contributed by atoms with E-state index in [2.05, 4.69) is 20.6 Å². The van der Waals surface area contributed by atoms with Crippen molar-refractivity contribution in [2.45, 2.75) is 18.9 Å². The molecule has 1 aromatic carbocycles. The summed E-state index contributed by atoms with van der Waals surface area (Å²) in [6.07, 6.45) is 5.21. The van der Waals surface area contributed by atoms with Crippen molar-refractivity contribution in [3.63, 3.8) is 0 Å². The largest absolute Gasteiger partial charge is 0.465 e. The molecular weight excluding hydrogens is 471 g/mol. The summed E-state index contributed by atoms with van der Waals surface area (Å²) < 4.78 is 25.2. The molecule has 2 aliphatic rings. The summed E-state index contributed by atoms with van der Waals surface area (Å²) in [4.78, 5) is 46.1. The zero-order chi connectivity index (χ0) is 25.7. The number of rotatable bonds is 10. The number of anilines is 3. The fourth-order valence-electron chi connectivity index (χ4n) is 4.12. The van der Waals surface area contributed by atoms with Crippen molar-refractivity contribution in [1.82, 2.24) is 15.3 Å². The van der Waals surface area contributed by atoms with E-state index in [0.29, 0.717) is 37.8 Å². The van der Waals surface area contributed by atoms with E-state index in [0.717, 1.165) is 11.3 Å². The van der Waals surface area contributed by atoms with Gasteiger partial charge in [0.2, 0.25) is 0 Å². The van der Waals surface area contributed by atoms with Crippen LogP contribution >= 0.6 is 0 Å². The van der Waals surface area contributed by atoms with Gasteiger partial charge < -0.3 is 25.0 Å². The lowest BCUT2D eigenvalue weighted by Gasteiger charge is -2.21. The summed E-state index contributed by atoms with van der Waals surface area (Å²) in [5, 5.41) is 5.84. The first-order chi connectivity index (χ1) is 17.4. The van der Waals surface area contributed by atoms with E-state index < -0.39 is 6.09 Å². The number of cyclic esters (lactones) is 1. The van der Waals surface area contributed by atoms with Crippen LogP contribution in [-0.4, -0.2) is 74.7 Å². The minimum Gasteiger partial charge on any atom is -0.465 e. The fraction of sp³-hybridized carbons (Fsp3) is 0.375. The van der Waals surface area contributed by atoms with Crippen molar-refractivity contribution in [2.24, 2.45) is 0 Å². The molecule has 2 N–H and O–H groups in total. The number of nitrogens with one attached hydrogen (secondary N) is 2. The summed E-state index contributed by atoms with van der Waals surface area (Å²) in [6, 6.07) is 3.05. The van der Waals surface area contributed by atoms with E-state index in [1.165, 1.54) is 23.2 Å². The third-order valence-electron chi connectivity index (χ3n) is 5.73. The van der Waals surface area contributed by atoms with Gasteiger partial charge in [-0.2, -0.15) is 0 Å². The molecule has 3 heterocycles. The van der Waals surface area contributed by atoms with E-state index in [9.17, 15) is 18.8 Å². The Morgan fingerprint density at radius 1 is 1.31 bits per heavy atom. The minimum atomic E-state index is -0.546. The molecule has 190 valence electrons. The smallest absolute Gasteiger partial charge is 0.415 e. The van der Waals surface area contributed by atoms with E-state index >= 15 is 0 Å². The number of aldehydes is 1. The van der Waals surface area contributed by atoms with Crippen LogP contribution in [0.1, 0.15) is 17.5 Å². The number of carbonyl (C=O) groups is 3. The molecule has 2 aromatic rings. The Bertz CT molecular complexity index is 1190. The number of ether oxygens (including phenoxy) is 2. The Balaban J connectivity index is 1.30. The Morgan fingerprint density at radius 3 is 2.92 bits per heavy atom. The van der Waals surface area contributed by atoms with Gasteiger partial charge in [0.15, 0.2) is 18.2 Å². The first kappa shape index (κ1) is 25.0. The highest BCUT2D eigenvalue weighted by Gasteiger charge is 2.34. The quantitative estimate of drug-likeness (QED) is 0.286. The summed E-state index contributed by atoms with van der Waals surface area (Å²) in [7, 11) is 3.66. The van der Waals surface area contributed by atoms with Crippen molar-refractivity contribution >= 4 is 41.7 Å². The van der Waals surface area contributed by atoms with E-state index in [1.807, 2.05) is 19.0 Å². The summed E-state index contributed by atoms with van der Waals surface area (Å²) in [6.45, 7) is 1.22. The molecule has 1 atom stereocenters. The second kappa shape index (κ2) is 11.1. The van der Waals surface area contributed by atoms with Crippen molar-refractivity contribution < 1.29 is 28.2 Å². The number of nitrogens with zero attached hydrogens (tertiary/aromatic N) is 4. The molecule has 0 spiro atoms. The van der Waals surface area contributed by atoms with Crippen molar-refractivity contribution in [1.29, 1.82) is 0 Å². The Kier molecular flexibility index (Phi) is 7.74. The first-order valence-corrected chi connectivity index (χ1v) is 11.5. The molecule has 12 heteroatoms. The van der Waals surface area contributed by atoms with Crippen LogP contribution in [0.15, 0.2) is 24.4 Å². The van der Waals surface area contributed by atoms with Crippen LogP contribution in [0.2, 0.25) is 0 Å². The van der Waals surface area contributed by atoms with Gasteiger partial charge in [0.1, 0.15) is 18.2 Å². The van der Waals surface area contributed by atoms with Gasteiger partial charge in [0.05, 0.1) is 12.7 Å². The van der Waals surface area contributed by atoms with Crippen LogP contribution in [0.25, 0.3) is 6.08 Å². The highest BCUT2D eigenvalue weighted by Crippen LogP contribution is 2.29. The maximum Gasteiger partial charge on any atom is 0.415 e. The Labute approximate surface area is 207 Å². The zero-order valence-electron chi connectivity index (χ0n) is 20.0. The van der Waals surface area contributed by atoms with Crippen molar-refractivity contribution in [2.75, 3.05) is 55.5 Å². The lowest BCUT2D eigenvalue weighted by Crippen LogP contribution is -2.30. The molecule has 1 saturated heterocycles. The van der Waals surface area contributed by atoms with Crippen LogP contribution in [0.4, 0.5) is 26.5 Å². The second-order valence-corrected chi connectivity index (χ2v) is 8.48. The number of aromatic nitrogens is 2. The Hall–Kier alpha value is -4.06. The second-order valence-electron chi connectivity index (χ2n) is 8.48. The molecule has 36 heavy (non-hydrogen) atoms. The summed E-state index contributed by atoms with van der Waals surface area (Å²) >= 11 is 0. The number of allylic oxidation sites excluding steroid dienone is 1. The number of hydrogen-bond donors (Lipinski definition) is 2. The molecule has 1 fully saturated rings. The zero-order valence-corrected chi connectivity index (χ0v) is 20.0. The number of benzene rings is 1. The SMILES string of the molecule is CN(C)c1c(/C=C\C=O)ccc(F)c1CCNCCC1CN(c2cnc3c(n2)NC(=O)CO3)C(=O)O1. The van der Waals surface area contributed by atoms with Gasteiger partial charge in [-0.1, -0.05) is 0 Å². The average molecular weight is 499 g/mol. The maximum absolute atomic E-state index is 14.6. The molecule has 1 unspecified atom stereocenters. The first-order valence-electron chi connectivity index (χ1n) is 11.5. The minimum absolute atomic E-state index is 0.131. The predicted molar refractivity (Wildman–Crippen MR) is 131 cm³/mol. The lowest BCUT2D eigenvalue weighted by atomic mass is 10.0. The van der Waals surface area contributed by atoms with Crippen molar-refractivity contribution in [3.05, 3.63) is 41.3 Å². The number of amides is 2. The molecular formula is C24H27FN6O5. The normalized spacial score (nSPS) is 17.0. The fourth-order valence-corrected chi connectivity index (χ4v) is 4.12. The topological polar surface area (TPSA) is 126 Å². The summed E-state index contributed by atoms with van der Waals surface area (Å²) in [5.74, 6) is -0.0294. The van der Waals surface area contributed by atoms with Gasteiger partial charge >= 0.3 is 6.09 Å². The third kappa shape index (κ3) is 5.60.